The van der Waals surface area contributed by atoms with E-state index < -0.39 is 11.9 Å². The van der Waals surface area contributed by atoms with Crippen LogP contribution in [0.3, 0.4) is 0 Å². The summed E-state index contributed by atoms with van der Waals surface area (Å²) in [4.78, 5) is 22.6. The molecule has 1 rings (SSSR count). The Balaban J connectivity index is 2.91. The van der Waals surface area contributed by atoms with E-state index in [0.717, 1.165) is 5.56 Å². The molecule has 0 radical (unpaired) electrons. The minimum absolute atomic E-state index is 0.153. The molecule has 4 nitrogen and oxygen atoms in total. The van der Waals surface area contributed by atoms with Crippen molar-refractivity contribution >= 4 is 11.8 Å². The highest BCUT2D eigenvalue weighted by Gasteiger charge is 2.20. The molecular weight excluding hydrogens is 220 g/mol. The molecule has 1 aromatic carbocycles. The molecule has 0 aromatic heterocycles. The molecule has 0 spiro atoms. The molecule has 1 unspecified atom stereocenters. The fraction of sp³-hybridized carbons (Fsp3) is 0.385. The van der Waals surface area contributed by atoms with Crippen molar-refractivity contribution in [1.29, 1.82) is 0 Å². The summed E-state index contributed by atoms with van der Waals surface area (Å²) in [5.74, 6) is -1.64. The first kappa shape index (κ1) is 13.4. The molecule has 1 aromatic rings. The van der Waals surface area contributed by atoms with E-state index in [-0.39, 0.29) is 12.2 Å². The molecular formula is C13H16O4. The molecule has 4 heteroatoms. The molecule has 0 saturated heterocycles. The Bertz CT molecular complexity index is 412. The van der Waals surface area contributed by atoms with E-state index in [4.69, 9.17) is 9.84 Å². The quantitative estimate of drug-likeness (QED) is 0.768. The van der Waals surface area contributed by atoms with E-state index in [1.165, 1.54) is 0 Å². The van der Waals surface area contributed by atoms with Crippen molar-refractivity contribution in [2.75, 3.05) is 7.11 Å². The van der Waals surface area contributed by atoms with Gasteiger partial charge in [0.15, 0.2) is 5.78 Å². The van der Waals surface area contributed by atoms with Gasteiger partial charge >= 0.3 is 5.97 Å². The molecule has 1 N–H and O–H groups in total. The first-order valence-electron chi connectivity index (χ1n) is 5.39. The van der Waals surface area contributed by atoms with E-state index >= 15 is 0 Å². The van der Waals surface area contributed by atoms with Crippen LogP contribution < -0.4 is 0 Å². The van der Waals surface area contributed by atoms with Gasteiger partial charge in [-0.15, -0.1) is 0 Å². The van der Waals surface area contributed by atoms with E-state index in [2.05, 4.69) is 0 Å². The van der Waals surface area contributed by atoms with Gasteiger partial charge in [-0.3, -0.25) is 9.59 Å². The Labute approximate surface area is 100 Å². The van der Waals surface area contributed by atoms with Crippen LogP contribution in [-0.2, 0) is 16.1 Å². The minimum Gasteiger partial charge on any atom is -0.481 e. The second kappa shape index (κ2) is 6.15. The maximum absolute atomic E-state index is 12.1. The number of carboxylic acid groups (broad SMARTS) is 1. The lowest BCUT2D eigenvalue weighted by Gasteiger charge is -2.11. The largest absolute Gasteiger partial charge is 0.481 e. The highest BCUT2D eigenvalue weighted by molar-refractivity contribution is 6.00. The van der Waals surface area contributed by atoms with Crippen LogP contribution in [0.5, 0.6) is 0 Å². The van der Waals surface area contributed by atoms with Gasteiger partial charge in [0.05, 0.1) is 13.0 Å². The highest BCUT2D eigenvalue weighted by atomic mass is 16.5. The molecule has 0 heterocycles. The predicted octanol–water partition coefficient (Wildman–Crippen LogP) is 2.13. The Morgan fingerprint density at radius 2 is 2.00 bits per heavy atom. The zero-order chi connectivity index (χ0) is 12.8. The summed E-state index contributed by atoms with van der Waals surface area (Å²) in [6.45, 7) is 1.97. The number of ketones is 1. The molecule has 0 aliphatic heterocycles. The molecule has 17 heavy (non-hydrogen) atoms. The van der Waals surface area contributed by atoms with E-state index in [1.807, 2.05) is 12.1 Å². The lowest BCUT2D eigenvalue weighted by molar-refractivity contribution is -0.137. The van der Waals surface area contributed by atoms with Crippen molar-refractivity contribution < 1.29 is 19.4 Å². The third-order valence-electron chi connectivity index (χ3n) is 2.51. The fourth-order valence-electron chi connectivity index (χ4n) is 1.66. The van der Waals surface area contributed by atoms with E-state index in [9.17, 15) is 9.59 Å². The number of Topliss-reactive ketones (excluding diaryl/α,β-unsaturated/α-hetero) is 1. The van der Waals surface area contributed by atoms with Crippen LogP contribution >= 0.6 is 0 Å². The fourth-order valence-corrected chi connectivity index (χ4v) is 1.66. The summed E-state index contributed by atoms with van der Waals surface area (Å²) >= 11 is 0. The third-order valence-corrected chi connectivity index (χ3v) is 2.51. The number of aliphatic carboxylic acids is 1. The van der Waals surface area contributed by atoms with Crippen LogP contribution in [0.25, 0.3) is 0 Å². The smallest absolute Gasteiger partial charge is 0.304 e. The van der Waals surface area contributed by atoms with E-state index in [1.54, 1.807) is 26.2 Å². The molecule has 0 aliphatic rings. The van der Waals surface area contributed by atoms with Crippen molar-refractivity contribution in [3.63, 3.8) is 0 Å². The second-order valence-corrected chi connectivity index (χ2v) is 3.95. The van der Waals surface area contributed by atoms with Crippen molar-refractivity contribution in [2.45, 2.75) is 20.0 Å². The van der Waals surface area contributed by atoms with Gasteiger partial charge < -0.3 is 9.84 Å². The molecule has 92 valence electrons. The molecule has 0 bridgehead atoms. The van der Waals surface area contributed by atoms with Gasteiger partial charge in [0.2, 0.25) is 0 Å². The Morgan fingerprint density at radius 1 is 1.35 bits per heavy atom. The summed E-state index contributed by atoms with van der Waals surface area (Å²) < 4.78 is 5.01. The van der Waals surface area contributed by atoms with Crippen molar-refractivity contribution in [2.24, 2.45) is 5.92 Å². The number of carbonyl (C=O) groups is 2. The Hall–Kier alpha value is -1.68. The molecule has 0 fully saturated rings. The number of rotatable bonds is 6. The Kier molecular flexibility index (Phi) is 4.84. The Morgan fingerprint density at radius 3 is 2.59 bits per heavy atom. The summed E-state index contributed by atoms with van der Waals surface area (Å²) in [7, 11) is 1.56. The molecule has 0 amide bonds. The van der Waals surface area contributed by atoms with Crippen LogP contribution in [-0.4, -0.2) is 24.0 Å². The van der Waals surface area contributed by atoms with Crippen molar-refractivity contribution in [1.82, 2.24) is 0 Å². The maximum atomic E-state index is 12.1. The number of carboxylic acids is 1. The summed E-state index contributed by atoms with van der Waals surface area (Å²) in [5.41, 5.74) is 1.33. The SMILES string of the molecule is COCc1ccccc1C(=O)C(C)CC(=O)O. The van der Waals surface area contributed by atoms with Crippen molar-refractivity contribution in [3.8, 4) is 0 Å². The number of hydrogen-bond acceptors (Lipinski definition) is 3. The average Bonchev–Trinajstić information content (AvgIpc) is 2.28. The van der Waals surface area contributed by atoms with Gasteiger partial charge in [-0.25, -0.2) is 0 Å². The van der Waals surface area contributed by atoms with Gasteiger partial charge in [-0.1, -0.05) is 31.2 Å². The number of carbonyl (C=O) groups excluding carboxylic acids is 1. The van der Waals surface area contributed by atoms with Gasteiger partial charge in [0, 0.05) is 18.6 Å². The van der Waals surface area contributed by atoms with Crippen LogP contribution in [0, 0.1) is 5.92 Å². The average molecular weight is 236 g/mol. The number of benzene rings is 1. The number of methoxy groups -OCH3 is 1. The predicted molar refractivity (Wildman–Crippen MR) is 62.9 cm³/mol. The van der Waals surface area contributed by atoms with Crippen LogP contribution in [0.4, 0.5) is 0 Å². The second-order valence-electron chi connectivity index (χ2n) is 3.95. The minimum atomic E-state index is -0.963. The standard InChI is InChI=1S/C13H16O4/c1-9(7-12(14)15)13(16)11-6-4-3-5-10(11)8-17-2/h3-6,9H,7-8H2,1-2H3,(H,14,15). The summed E-state index contributed by atoms with van der Waals surface area (Å²) in [5, 5.41) is 8.68. The molecule has 0 aliphatic carbocycles. The zero-order valence-corrected chi connectivity index (χ0v) is 9.97. The van der Waals surface area contributed by atoms with Crippen LogP contribution in [0.15, 0.2) is 24.3 Å². The van der Waals surface area contributed by atoms with Gasteiger partial charge in [0.25, 0.3) is 0 Å². The lowest BCUT2D eigenvalue weighted by atomic mass is 9.93. The highest BCUT2D eigenvalue weighted by Crippen LogP contribution is 2.17. The first-order valence-corrected chi connectivity index (χ1v) is 5.39. The topological polar surface area (TPSA) is 63.6 Å². The van der Waals surface area contributed by atoms with Crippen molar-refractivity contribution in [3.05, 3.63) is 35.4 Å². The summed E-state index contributed by atoms with van der Waals surface area (Å²) in [6, 6.07) is 7.10. The molecule has 0 saturated carbocycles. The van der Waals surface area contributed by atoms with E-state index in [0.29, 0.717) is 12.2 Å². The first-order chi connectivity index (χ1) is 8.06. The van der Waals surface area contributed by atoms with Crippen LogP contribution in [0.2, 0.25) is 0 Å². The van der Waals surface area contributed by atoms with Gasteiger partial charge in [-0.2, -0.15) is 0 Å². The number of ether oxygens (including phenoxy) is 1. The van der Waals surface area contributed by atoms with Crippen LogP contribution in [0.1, 0.15) is 29.3 Å². The third kappa shape index (κ3) is 3.67. The lowest BCUT2D eigenvalue weighted by Crippen LogP contribution is -2.17. The monoisotopic (exact) mass is 236 g/mol. The summed E-state index contributed by atoms with van der Waals surface area (Å²) in [6.07, 6.45) is -0.153. The van der Waals surface area contributed by atoms with Gasteiger partial charge in [-0.05, 0) is 5.56 Å². The zero-order valence-electron chi connectivity index (χ0n) is 9.97. The maximum Gasteiger partial charge on any atom is 0.304 e. The van der Waals surface area contributed by atoms with Gasteiger partial charge in [0.1, 0.15) is 0 Å². The number of hydrogen-bond donors (Lipinski definition) is 1. The molecule has 1 atom stereocenters. The normalized spacial score (nSPS) is 12.1.